The van der Waals surface area contributed by atoms with E-state index in [0.29, 0.717) is 0 Å². The predicted octanol–water partition coefficient (Wildman–Crippen LogP) is 2.14. The van der Waals surface area contributed by atoms with Gasteiger partial charge in [0.2, 0.25) is 0 Å². The number of hydrogen-bond donors (Lipinski definition) is 1. The lowest BCUT2D eigenvalue weighted by atomic mass is 10.0. The monoisotopic (exact) mass is 232 g/mol. The van der Waals surface area contributed by atoms with Crippen LogP contribution < -0.4 is 5.32 Å². The van der Waals surface area contributed by atoms with Crippen LogP contribution in [0.4, 0.5) is 0 Å². The van der Waals surface area contributed by atoms with Gasteiger partial charge in [-0.15, -0.1) is 0 Å². The van der Waals surface area contributed by atoms with Gasteiger partial charge in [-0.2, -0.15) is 0 Å². The highest BCUT2D eigenvalue weighted by Crippen LogP contribution is 2.13. The van der Waals surface area contributed by atoms with Gasteiger partial charge in [0.25, 0.3) is 0 Å². The van der Waals surface area contributed by atoms with Crippen LogP contribution in [-0.2, 0) is 6.42 Å². The molecule has 1 aliphatic heterocycles. The van der Waals surface area contributed by atoms with Crippen LogP contribution in [0.2, 0.25) is 0 Å². The quantitative estimate of drug-likeness (QED) is 0.855. The summed E-state index contributed by atoms with van der Waals surface area (Å²) in [5, 5.41) is 3.40. The smallest absolute Gasteiger partial charge is 0.0107 e. The summed E-state index contributed by atoms with van der Waals surface area (Å²) in [6.45, 7) is 10.4. The van der Waals surface area contributed by atoms with Gasteiger partial charge in [0.05, 0.1) is 0 Å². The zero-order chi connectivity index (χ0) is 12.1. The van der Waals surface area contributed by atoms with Crippen molar-refractivity contribution in [3.63, 3.8) is 0 Å². The van der Waals surface area contributed by atoms with Gasteiger partial charge in [-0.25, -0.2) is 0 Å². The minimum Gasteiger partial charge on any atom is -0.314 e. The van der Waals surface area contributed by atoms with Gasteiger partial charge in [-0.1, -0.05) is 23.8 Å². The Morgan fingerprint density at radius 2 is 1.94 bits per heavy atom. The molecule has 2 rings (SSSR count). The highest BCUT2D eigenvalue weighted by atomic mass is 15.2. The maximum Gasteiger partial charge on any atom is 0.0107 e. The number of aryl methyl sites for hydroxylation is 3. The van der Waals surface area contributed by atoms with Gasteiger partial charge in [-0.3, -0.25) is 0 Å². The molecule has 1 aromatic carbocycles. The number of piperazine rings is 1. The Morgan fingerprint density at radius 3 is 2.71 bits per heavy atom. The zero-order valence-electron chi connectivity index (χ0n) is 11.1. The first-order chi connectivity index (χ1) is 8.25. The summed E-state index contributed by atoms with van der Waals surface area (Å²) in [4.78, 5) is 2.57. The summed E-state index contributed by atoms with van der Waals surface area (Å²) in [5.41, 5.74) is 4.35. The summed E-state index contributed by atoms with van der Waals surface area (Å²) in [7, 11) is 0. The second kappa shape index (κ2) is 6.18. The third-order valence-corrected chi connectivity index (χ3v) is 3.63. The molecule has 0 atom stereocenters. The van der Waals surface area contributed by atoms with E-state index in [1.807, 2.05) is 0 Å². The van der Waals surface area contributed by atoms with Crippen molar-refractivity contribution >= 4 is 0 Å². The van der Waals surface area contributed by atoms with Crippen LogP contribution in [0.5, 0.6) is 0 Å². The van der Waals surface area contributed by atoms with Crippen molar-refractivity contribution in [3.8, 4) is 0 Å². The van der Waals surface area contributed by atoms with E-state index >= 15 is 0 Å². The van der Waals surface area contributed by atoms with E-state index in [-0.39, 0.29) is 0 Å². The largest absolute Gasteiger partial charge is 0.314 e. The summed E-state index contributed by atoms with van der Waals surface area (Å²) in [6.07, 6.45) is 2.50. The van der Waals surface area contributed by atoms with Crippen LogP contribution in [-0.4, -0.2) is 37.6 Å². The molecule has 0 radical (unpaired) electrons. The Morgan fingerprint density at radius 1 is 1.18 bits per heavy atom. The van der Waals surface area contributed by atoms with E-state index in [1.54, 1.807) is 0 Å². The first-order valence-corrected chi connectivity index (χ1v) is 6.75. The SMILES string of the molecule is Cc1ccc(C)c(CCCN2CCNCC2)c1. The molecule has 1 saturated heterocycles. The zero-order valence-corrected chi connectivity index (χ0v) is 11.1. The highest BCUT2D eigenvalue weighted by molar-refractivity contribution is 5.30. The Bertz CT molecular complexity index is 354. The highest BCUT2D eigenvalue weighted by Gasteiger charge is 2.08. The average molecular weight is 232 g/mol. The van der Waals surface area contributed by atoms with Crippen molar-refractivity contribution in [2.24, 2.45) is 0 Å². The molecule has 0 aromatic heterocycles. The lowest BCUT2D eigenvalue weighted by Gasteiger charge is -2.27. The molecule has 2 nitrogen and oxygen atoms in total. The molecule has 1 N–H and O–H groups in total. The van der Waals surface area contributed by atoms with Crippen molar-refractivity contribution < 1.29 is 0 Å². The molecule has 0 amide bonds. The van der Waals surface area contributed by atoms with Crippen LogP contribution in [0.25, 0.3) is 0 Å². The van der Waals surface area contributed by atoms with Crippen molar-refractivity contribution in [3.05, 3.63) is 34.9 Å². The lowest BCUT2D eigenvalue weighted by Crippen LogP contribution is -2.43. The molecule has 1 heterocycles. The van der Waals surface area contributed by atoms with Crippen molar-refractivity contribution in [2.75, 3.05) is 32.7 Å². The molecule has 1 fully saturated rings. The van der Waals surface area contributed by atoms with Crippen LogP contribution >= 0.6 is 0 Å². The van der Waals surface area contributed by atoms with E-state index in [0.717, 1.165) is 13.1 Å². The van der Waals surface area contributed by atoms with Gasteiger partial charge >= 0.3 is 0 Å². The maximum absolute atomic E-state index is 3.40. The number of nitrogens with zero attached hydrogens (tertiary/aromatic N) is 1. The number of rotatable bonds is 4. The molecular weight excluding hydrogens is 208 g/mol. The van der Waals surface area contributed by atoms with Gasteiger partial charge in [0, 0.05) is 26.2 Å². The summed E-state index contributed by atoms with van der Waals surface area (Å²) < 4.78 is 0. The van der Waals surface area contributed by atoms with Crippen molar-refractivity contribution in [1.29, 1.82) is 0 Å². The van der Waals surface area contributed by atoms with Crippen molar-refractivity contribution in [2.45, 2.75) is 26.7 Å². The molecule has 0 spiro atoms. The first kappa shape index (κ1) is 12.6. The van der Waals surface area contributed by atoms with Crippen LogP contribution in [0, 0.1) is 13.8 Å². The minimum atomic E-state index is 1.16. The minimum absolute atomic E-state index is 1.16. The maximum atomic E-state index is 3.40. The lowest BCUT2D eigenvalue weighted by molar-refractivity contribution is 0.238. The topological polar surface area (TPSA) is 15.3 Å². The molecule has 0 saturated carbocycles. The Hall–Kier alpha value is -0.860. The molecule has 94 valence electrons. The number of nitrogens with one attached hydrogen (secondary N) is 1. The fourth-order valence-corrected chi connectivity index (χ4v) is 2.50. The van der Waals surface area contributed by atoms with E-state index in [9.17, 15) is 0 Å². The standard InChI is InChI=1S/C15H24N2/c1-13-5-6-14(2)15(12-13)4-3-9-17-10-7-16-8-11-17/h5-6,12,16H,3-4,7-11H2,1-2H3. The average Bonchev–Trinajstić information content (AvgIpc) is 2.35. The van der Waals surface area contributed by atoms with E-state index in [1.165, 1.54) is 49.2 Å². The molecule has 0 unspecified atom stereocenters. The molecule has 0 bridgehead atoms. The molecule has 0 aliphatic carbocycles. The molecule has 1 aliphatic rings. The third-order valence-electron chi connectivity index (χ3n) is 3.63. The Kier molecular flexibility index (Phi) is 4.57. The second-order valence-corrected chi connectivity index (χ2v) is 5.13. The fraction of sp³-hybridized carbons (Fsp3) is 0.600. The Balaban J connectivity index is 1.79. The third kappa shape index (κ3) is 3.83. The van der Waals surface area contributed by atoms with E-state index in [4.69, 9.17) is 0 Å². The normalized spacial score (nSPS) is 17.3. The van der Waals surface area contributed by atoms with E-state index < -0.39 is 0 Å². The van der Waals surface area contributed by atoms with Crippen LogP contribution in [0.1, 0.15) is 23.1 Å². The van der Waals surface area contributed by atoms with Crippen molar-refractivity contribution in [1.82, 2.24) is 10.2 Å². The molecule has 1 aromatic rings. The molecular formula is C15H24N2. The summed E-state index contributed by atoms with van der Waals surface area (Å²) >= 11 is 0. The van der Waals surface area contributed by atoms with Gasteiger partial charge in [0.15, 0.2) is 0 Å². The predicted molar refractivity (Wildman–Crippen MR) is 73.5 cm³/mol. The second-order valence-electron chi connectivity index (χ2n) is 5.13. The summed E-state index contributed by atoms with van der Waals surface area (Å²) in [6, 6.07) is 6.79. The Labute approximate surface area is 105 Å². The van der Waals surface area contributed by atoms with Crippen LogP contribution in [0.3, 0.4) is 0 Å². The molecule has 17 heavy (non-hydrogen) atoms. The van der Waals surface area contributed by atoms with Gasteiger partial charge in [0.1, 0.15) is 0 Å². The van der Waals surface area contributed by atoms with Crippen LogP contribution in [0.15, 0.2) is 18.2 Å². The fourth-order valence-electron chi connectivity index (χ4n) is 2.50. The number of benzene rings is 1. The summed E-state index contributed by atoms with van der Waals surface area (Å²) in [5.74, 6) is 0. The first-order valence-electron chi connectivity index (χ1n) is 6.75. The van der Waals surface area contributed by atoms with E-state index in [2.05, 4.69) is 42.3 Å². The van der Waals surface area contributed by atoms with Gasteiger partial charge < -0.3 is 10.2 Å². The number of hydrogen-bond acceptors (Lipinski definition) is 2. The molecule has 2 heteroatoms. The van der Waals surface area contributed by atoms with Gasteiger partial charge in [-0.05, 0) is 44.4 Å².